The van der Waals surface area contributed by atoms with E-state index in [4.69, 9.17) is 5.10 Å². The normalized spacial score (nSPS) is 17.8. The van der Waals surface area contributed by atoms with Crippen molar-refractivity contribution in [3.63, 3.8) is 0 Å². The number of anilines is 1. The molecule has 1 atom stereocenters. The molecule has 2 aliphatic rings. The molecular weight excluding hydrogens is 390 g/mol. The second kappa shape index (κ2) is 7.02. The summed E-state index contributed by atoms with van der Waals surface area (Å²) in [5, 5.41) is 12.7. The minimum absolute atomic E-state index is 0.143. The van der Waals surface area contributed by atoms with Crippen LogP contribution in [0.25, 0.3) is 16.9 Å². The fourth-order valence-electron chi connectivity index (χ4n) is 4.41. The number of para-hydroxylation sites is 1. The monoisotopic (exact) mass is 409 g/mol. The van der Waals surface area contributed by atoms with Crippen molar-refractivity contribution in [1.29, 1.82) is 0 Å². The van der Waals surface area contributed by atoms with Gasteiger partial charge in [0.15, 0.2) is 5.78 Å². The molecule has 1 unspecified atom stereocenters. The van der Waals surface area contributed by atoms with Crippen molar-refractivity contribution >= 4 is 11.7 Å². The Balaban J connectivity index is 1.61. The van der Waals surface area contributed by atoms with E-state index in [1.54, 1.807) is 17.1 Å². The van der Waals surface area contributed by atoms with Crippen LogP contribution in [0, 0.1) is 0 Å². The maximum Gasteiger partial charge on any atom is 0.226 e. The summed E-state index contributed by atoms with van der Waals surface area (Å²) in [5.41, 5.74) is 5.19. The molecule has 3 aromatic heterocycles. The highest BCUT2D eigenvalue weighted by Gasteiger charge is 2.38. The van der Waals surface area contributed by atoms with Crippen molar-refractivity contribution in [1.82, 2.24) is 29.5 Å². The van der Waals surface area contributed by atoms with E-state index in [0.717, 1.165) is 46.6 Å². The third-order valence-corrected chi connectivity index (χ3v) is 5.80. The Kier molecular flexibility index (Phi) is 4.02. The molecule has 8 nitrogen and oxygen atoms in total. The standard InChI is InChI=1S/C23H19N7O/c31-19-10-4-9-18-20(19)22(30-23(27-18)25-14-26-30)17-13-29(16-7-2-1-3-8-16)28-21(17)15-6-5-11-24-12-15/h1-3,5-8,11-14,22H,4,9-10H2,(H,25,26,27). The number of rotatable bonds is 3. The first-order valence-electron chi connectivity index (χ1n) is 10.3. The van der Waals surface area contributed by atoms with Crippen LogP contribution < -0.4 is 5.32 Å². The number of fused-ring (bicyclic) bond motifs is 1. The highest BCUT2D eigenvalue weighted by molar-refractivity contribution is 5.99. The molecule has 4 aromatic rings. The number of carbonyl (C=O) groups is 1. The number of aromatic nitrogens is 6. The Bertz CT molecular complexity index is 1300. The van der Waals surface area contributed by atoms with Gasteiger partial charge in [0.2, 0.25) is 5.95 Å². The molecule has 1 aromatic carbocycles. The summed E-state index contributed by atoms with van der Waals surface area (Å²) in [7, 11) is 0. The predicted octanol–water partition coefficient (Wildman–Crippen LogP) is 3.55. The topological polar surface area (TPSA) is 90.5 Å². The largest absolute Gasteiger partial charge is 0.328 e. The van der Waals surface area contributed by atoms with E-state index in [1.807, 2.05) is 53.3 Å². The molecule has 8 heteroatoms. The zero-order chi connectivity index (χ0) is 20.8. The minimum Gasteiger partial charge on any atom is -0.328 e. The number of hydrogen-bond acceptors (Lipinski definition) is 6. The van der Waals surface area contributed by atoms with Crippen LogP contribution in [-0.2, 0) is 4.79 Å². The number of carbonyl (C=O) groups excluding carboxylic acids is 1. The van der Waals surface area contributed by atoms with E-state index >= 15 is 0 Å². The third kappa shape index (κ3) is 2.87. The molecule has 152 valence electrons. The van der Waals surface area contributed by atoms with Crippen molar-refractivity contribution in [3.8, 4) is 16.9 Å². The van der Waals surface area contributed by atoms with Crippen molar-refractivity contribution in [3.05, 3.63) is 84.2 Å². The van der Waals surface area contributed by atoms with Gasteiger partial charge in [0.05, 0.1) is 11.4 Å². The Morgan fingerprint density at radius 2 is 1.97 bits per heavy atom. The molecule has 1 aliphatic heterocycles. The van der Waals surface area contributed by atoms with Gasteiger partial charge in [-0.1, -0.05) is 18.2 Å². The lowest BCUT2D eigenvalue weighted by atomic mass is 9.85. The fraction of sp³-hybridized carbons (Fsp3) is 0.174. The summed E-state index contributed by atoms with van der Waals surface area (Å²) >= 11 is 0. The zero-order valence-electron chi connectivity index (χ0n) is 16.6. The SMILES string of the molecule is O=C1CCCC2=C1C(c1cn(-c3ccccc3)nc1-c1cccnc1)n1ncnc1N2. The predicted molar refractivity (Wildman–Crippen MR) is 114 cm³/mol. The highest BCUT2D eigenvalue weighted by Crippen LogP contribution is 2.42. The molecule has 0 spiro atoms. The van der Waals surface area contributed by atoms with E-state index in [0.29, 0.717) is 12.4 Å². The summed E-state index contributed by atoms with van der Waals surface area (Å²) in [6.07, 6.45) is 9.24. The zero-order valence-corrected chi connectivity index (χ0v) is 16.6. The van der Waals surface area contributed by atoms with Gasteiger partial charge < -0.3 is 5.32 Å². The van der Waals surface area contributed by atoms with Crippen molar-refractivity contribution in [2.45, 2.75) is 25.3 Å². The molecule has 1 aliphatic carbocycles. The van der Waals surface area contributed by atoms with Crippen molar-refractivity contribution in [2.24, 2.45) is 0 Å². The Morgan fingerprint density at radius 3 is 2.81 bits per heavy atom. The first kappa shape index (κ1) is 17.8. The highest BCUT2D eigenvalue weighted by atomic mass is 16.1. The van der Waals surface area contributed by atoms with Gasteiger partial charge in [0.25, 0.3) is 0 Å². The number of nitrogens with one attached hydrogen (secondary N) is 1. The van der Waals surface area contributed by atoms with Crippen LogP contribution in [0.1, 0.15) is 30.9 Å². The molecule has 6 rings (SSSR count). The van der Waals surface area contributed by atoms with Crippen LogP contribution in [0.4, 0.5) is 5.95 Å². The summed E-state index contributed by atoms with van der Waals surface area (Å²) in [5.74, 6) is 0.785. The first-order chi connectivity index (χ1) is 15.3. The lowest BCUT2D eigenvalue weighted by Gasteiger charge is -2.31. The molecule has 0 fully saturated rings. The molecule has 0 bridgehead atoms. The molecule has 4 heterocycles. The Hall–Kier alpha value is -4.07. The van der Waals surface area contributed by atoms with Gasteiger partial charge in [0, 0.05) is 47.4 Å². The van der Waals surface area contributed by atoms with Crippen molar-refractivity contribution < 1.29 is 4.79 Å². The summed E-state index contributed by atoms with van der Waals surface area (Å²) in [6.45, 7) is 0. The van der Waals surface area contributed by atoms with Crippen LogP contribution in [0.2, 0.25) is 0 Å². The second-order valence-corrected chi connectivity index (χ2v) is 7.68. The average molecular weight is 409 g/mol. The minimum atomic E-state index is -0.394. The summed E-state index contributed by atoms with van der Waals surface area (Å²) in [6, 6.07) is 13.4. The van der Waals surface area contributed by atoms with E-state index in [-0.39, 0.29) is 5.78 Å². The lowest BCUT2D eigenvalue weighted by molar-refractivity contribution is -0.116. The molecule has 1 N–H and O–H groups in total. The van der Waals surface area contributed by atoms with Gasteiger partial charge in [-0.25, -0.2) is 9.36 Å². The Morgan fingerprint density at radius 1 is 1.06 bits per heavy atom. The quantitative estimate of drug-likeness (QED) is 0.557. The van der Waals surface area contributed by atoms with Gasteiger partial charge in [0.1, 0.15) is 12.4 Å². The van der Waals surface area contributed by atoms with Crippen LogP contribution in [0.5, 0.6) is 0 Å². The van der Waals surface area contributed by atoms with E-state index < -0.39 is 6.04 Å². The molecule has 0 radical (unpaired) electrons. The number of hydrogen-bond donors (Lipinski definition) is 1. The van der Waals surface area contributed by atoms with Crippen molar-refractivity contribution in [2.75, 3.05) is 5.32 Å². The number of ketones is 1. The number of allylic oxidation sites excluding steroid dienone is 2. The van der Waals surface area contributed by atoms with E-state index in [9.17, 15) is 4.79 Å². The maximum absolute atomic E-state index is 13.1. The van der Waals surface area contributed by atoms with E-state index in [2.05, 4.69) is 20.4 Å². The average Bonchev–Trinajstić information content (AvgIpc) is 3.46. The number of pyridine rings is 1. The van der Waals surface area contributed by atoms with E-state index in [1.165, 1.54) is 6.33 Å². The fourth-order valence-corrected chi connectivity index (χ4v) is 4.41. The lowest BCUT2D eigenvalue weighted by Crippen LogP contribution is -2.31. The van der Waals surface area contributed by atoms with Crippen LogP contribution in [-0.4, -0.2) is 35.3 Å². The Labute approximate surface area is 178 Å². The number of nitrogens with zero attached hydrogens (tertiary/aromatic N) is 6. The van der Waals surface area contributed by atoms with Gasteiger partial charge in [-0.2, -0.15) is 15.2 Å². The van der Waals surface area contributed by atoms with Gasteiger partial charge in [-0.3, -0.25) is 9.78 Å². The third-order valence-electron chi connectivity index (χ3n) is 5.80. The molecule has 0 amide bonds. The molecule has 0 saturated carbocycles. The first-order valence-corrected chi connectivity index (χ1v) is 10.3. The molecular formula is C23H19N7O. The van der Waals surface area contributed by atoms with Gasteiger partial charge >= 0.3 is 0 Å². The smallest absolute Gasteiger partial charge is 0.226 e. The van der Waals surface area contributed by atoms with Crippen LogP contribution in [0.15, 0.2) is 78.7 Å². The van der Waals surface area contributed by atoms with Crippen LogP contribution >= 0.6 is 0 Å². The summed E-state index contributed by atoms with van der Waals surface area (Å²) in [4.78, 5) is 21.7. The van der Waals surface area contributed by atoms with Gasteiger partial charge in [-0.05, 0) is 37.1 Å². The summed E-state index contributed by atoms with van der Waals surface area (Å²) < 4.78 is 3.64. The van der Waals surface area contributed by atoms with Gasteiger partial charge in [-0.15, -0.1) is 0 Å². The molecule has 0 saturated heterocycles. The van der Waals surface area contributed by atoms with Crippen LogP contribution in [0.3, 0.4) is 0 Å². The number of Topliss-reactive ketones (excluding diaryl/α,β-unsaturated/α-hetero) is 1. The maximum atomic E-state index is 13.1. The number of benzene rings is 1. The molecule has 31 heavy (non-hydrogen) atoms. The second-order valence-electron chi connectivity index (χ2n) is 7.68.